The van der Waals surface area contributed by atoms with Crippen LogP contribution in [0.2, 0.25) is 0 Å². The molecule has 2 N–H and O–H groups in total. The summed E-state index contributed by atoms with van der Waals surface area (Å²) in [7, 11) is 1.71. The maximum Gasteiger partial charge on any atom is 0.159 e. The van der Waals surface area contributed by atoms with Gasteiger partial charge in [-0.2, -0.15) is 5.10 Å². The van der Waals surface area contributed by atoms with E-state index in [1.165, 1.54) is 18.5 Å². The Bertz CT molecular complexity index is 358. The molecule has 0 spiro atoms. The summed E-state index contributed by atoms with van der Waals surface area (Å²) in [6.07, 6.45) is 7.54. The fourth-order valence-corrected chi connectivity index (χ4v) is 2.28. The van der Waals surface area contributed by atoms with Crippen molar-refractivity contribution in [3.05, 3.63) is 11.9 Å². The van der Waals surface area contributed by atoms with Gasteiger partial charge in [-0.3, -0.25) is 4.68 Å². The van der Waals surface area contributed by atoms with Gasteiger partial charge >= 0.3 is 0 Å². The summed E-state index contributed by atoms with van der Waals surface area (Å²) in [6.45, 7) is 3.12. The van der Waals surface area contributed by atoms with Crippen LogP contribution in [0.3, 0.4) is 0 Å². The average Bonchev–Trinajstić information content (AvgIpc) is 3.10. The van der Waals surface area contributed by atoms with Gasteiger partial charge in [-0.1, -0.05) is 6.92 Å². The van der Waals surface area contributed by atoms with Crippen molar-refractivity contribution in [2.45, 2.75) is 51.6 Å². The summed E-state index contributed by atoms with van der Waals surface area (Å²) in [6, 6.07) is 0.352. The summed E-state index contributed by atoms with van der Waals surface area (Å²) in [4.78, 5) is 0. The first kappa shape index (κ1) is 12.4. The lowest BCUT2D eigenvalue weighted by Crippen LogP contribution is -2.23. The molecular formula is C13H23N3O. The number of aromatic nitrogens is 2. The molecule has 0 saturated heterocycles. The van der Waals surface area contributed by atoms with Gasteiger partial charge in [-0.15, -0.1) is 0 Å². The van der Waals surface area contributed by atoms with Crippen molar-refractivity contribution >= 4 is 0 Å². The molecule has 0 aromatic carbocycles. The number of rotatable bonds is 7. The van der Waals surface area contributed by atoms with Gasteiger partial charge in [0, 0.05) is 12.6 Å². The highest BCUT2D eigenvalue weighted by atomic mass is 16.5. The number of hydrogen-bond acceptors (Lipinski definition) is 3. The van der Waals surface area contributed by atoms with E-state index in [9.17, 15) is 0 Å². The number of nitrogens with zero attached hydrogens (tertiary/aromatic N) is 2. The van der Waals surface area contributed by atoms with Crippen molar-refractivity contribution in [3.8, 4) is 5.75 Å². The second-order valence-corrected chi connectivity index (χ2v) is 4.92. The fourth-order valence-electron chi connectivity index (χ4n) is 2.28. The lowest BCUT2D eigenvalue weighted by atomic mass is 10.1. The van der Waals surface area contributed by atoms with Crippen LogP contribution < -0.4 is 10.5 Å². The Morgan fingerprint density at radius 2 is 2.35 bits per heavy atom. The third kappa shape index (κ3) is 3.00. The molecule has 1 heterocycles. The standard InChI is InChI=1S/C13H23N3O/c1-3-8-16-12(13(17-2)9-15-16)7-6-11(14)10-4-5-10/h9-11H,3-8,14H2,1-2H3. The normalized spacial score (nSPS) is 17.1. The van der Waals surface area contributed by atoms with E-state index in [1.807, 2.05) is 6.20 Å². The van der Waals surface area contributed by atoms with Gasteiger partial charge in [0.25, 0.3) is 0 Å². The highest BCUT2D eigenvalue weighted by Crippen LogP contribution is 2.33. The molecule has 0 amide bonds. The minimum absolute atomic E-state index is 0.352. The van der Waals surface area contributed by atoms with E-state index in [1.54, 1.807) is 7.11 Å². The van der Waals surface area contributed by atoms with Crippen LogP contribution in [0.4, 0.5) is 0 Å². The van der Waals surface area contributed by atoms with Crippen molar-refractivity contribution < 1.29 is 4.74 Å². The number of methoxy groups -OCH3 is 1. The Labute approximate surface area is 103 Å². The van der Waals surface area contributed by atoms with E-state index in [4.69, 9.17) is 10.5 Å². The Balaban J connectivity index is 1.98. The van der Waals surface area contributed by atoms with Crippen LogP contribution in [0.5, 0.6) is 5.75 Å². The van der Waals surface area contributed by atoms with Crippen LogP contribution in [-0.4, -0.2) is 22.9 Å². The number of hydrogen-bond donors (Lipinski definition) is 1. The van der Waals surface area contributed by atoms with Gasteiger partial charge in [0.1, 0.15) is 0 Å². The zero-order valence-electron chi connectivity index (χ0n) is 10.9. The van der Waals surface area contributed by atoms with Gasteiger partial charge in [-0.05, 0) is 38.0 Å². The third-order valence-electron chi connectivity index (χ3n) is 3.51. The molecule has 17 heavy (non-hydrogen) atoms. The Kier molecular flexibility index (Phi) is 4.05. The molecule has 1 saturated carbocycles. The van der Waals surface area contributed by atoms with Crippen molar-refractivity contribution in [2.24, 2.45) is 11.7 Å². The average molecular weight is 237 g/mol. The quantitative estimate of drug-likeness (QED) is 0.789. The lowest BCUT2D eigenvalue weighted by Gasteiger charge is -2.12. The van der Waals surface area contributed by atoms with Crippen molar-refractivity contribution in [2.75, 3.05) is 7.11 Å². The Morgan fingerprint density at radius 1 is 1.59 bits per heavy atom. The molecular weight excluding hydrogens is 214 g/mol. The first-order chi connectivity index (χ1) is 8.26. The number of ether oxygens (including phenoxy) is 1. The van der Waals surface area contributed by atoms with E-state index < -0.39 is 0 Å². The molecule has 1 fully saturated rings. The SMILES string of the molecule is CCCn1ncc(OC)c1CCC(N)C1CC1. The van der Waals surface area contributed by atoms with Gasteiger partial charge in [0.2, 0.25) is 0 Å². The van der Waals surface area contributed by atoms with Crippen LogP contribution >= 0.6 is 0 Å². The number of nitrogens with two attached hydrogens (primary N) is 1. The lowest BCUT2D eigenvalue weighted by molar-refractivity contribution is 0.403. The maximum atomic E-state index is 6.14. The number of aryl methyl sites for hydroxylation is 1. The second-order valence-electron chi connectivity index (χ2n) is 4.92. The monoisotopic (exact) mass is 237 g/mol. The molecule has 2 rings (SSSR count). The molecule has 1 aromatic heterocycles. The van der Waals surface area contributed by atoms with Crippen LogP contribution in [0.1, 0.15) is 38.3 Å². The van der Waals surface area contributed by atoms with Crippen molar-refractivity contribution in [1.29, 1.82) is 0 Å². The highest BCUT2D eigenvalue weighted by Gasteiger charge is 2.28. The summed E-state index contributed by atoms with van der Waals surface area (Å²) in [5, 5.41) is 4.37. The first-order valence-electron chi connectivity index (χ1n) is 6.60. The Morgan fingerprint density at radius 3 is 2.94 bits per heavy atom. The molecule has 1 aliphatic rings. The molecule has 0 aliphatic heterocycles. The topological polar surface area (TPSA) is 53.1 Å². The highest BCUT2D eigenvalue weighted by molar-refractivity contribution is 5.25. The second kappa shape index (κ2) is 5.54. The summed E-state index contributed by atoms with van der Waals surface area (Å²) >= 11 is 0. The van der Waals surface area contributed by atoms with Gasteiger partial charge in [-0.25, -0.2) is 0 Å². The molecule has 4 heteroatoms. The predicted molar refractivity (Wildman–Crippen MR) is 68.1 cm³/mol. The van der Waals surface area contributed by atoms with Crippen LogP contribution in [0.15, 0.2) is 6.20 Å². The van der Waals surface area contributed by atoms with E-state index in [2.05, 4.69) is 16.7 Å². The van der Waals surface area contributed by atoms with E-state index in [0.717, 1.165) is 37.5 Å². The smallest absolute Gasteiger partial charge is 0.159 e. The van der Waals surface area contributed by atoms with Gasteiger partial charge < -0.3 is 10.5 Å². The molecule has 1 aliphatic carbocycles. The molecule has 1 aromatic rings. The molecule has 0 radical (unpaired) electrons. The van der Waals surface area contributed by atoms with Crippen molar-refractivity contribution in [1.82, 2.24) is 9.78 Å². The van der Waals surface area contributed by atoms with Crippen LogP contribution in [0, 0.1) is 5.92 Å². The Hall–Kier alpha value is -1.03. The van der Waals surface area contributed by atoms with Crippen LogP contribution in [0.25, 0.3) is 0 Å². The van der Waals surface area contributed by atoms with Crippen LogP contribution in [-0.2, 0) is 13.0 Å². The summed E-state index contributed by atoms with van der Waals surface area (Å²) in [5.74, 6) is 1.67. The zero-order chi connectivity index (χ0) is 12.3. The zero-order valence-corrected chi connectivity index (χ0v) is 10.9. The maximum absolute atomic E-state index is 6.14. The molecule has 1 unspecified atom stereocenters. The molecule has 0 bridgehead atoms. The van der Waals surface area contributed by atoms with Crippen molar-refractivity contribution in [3.63, 3.8) is 0 Å². The fraction of sp³-hybridized carbons (Fsp3) is 0.769. The minimum atomic E-state index is 0.352. The molecule has 96 valence electrons. The van der Waals surface area contributed by atoms with E-state index in [0.29, 0.717) is 6.04 Å². The summed E-state index contributed by atoms with van der Waals surface area (Å²) < 4.78 is 7.41. The van der Waals surface area contributed by atoms with E-state index >= 15 is 0 Å². The van der Waals surface area contributed by atoms with Gasteiger partial charge in [0.05, 0.1) is 19.0 Å². The largest absolute Gasteiger partial charge is 0.493 e. The minimum Gasteiger partial charge on any atom is -0.493 e. The van der Waals surface area contributed by atoms with Gasteiger partial charge in [0.15, 0.2) is 5.75 Å². The first-order valence-corrected chi connectivity index (χ1v) is 6.60. The third-order valence-corrected chi connectivity index (χ3v) is 3.51. The van der Waals surface area contributed by atoms with E-state index in [-0.39, 0.29) is 0 Å². The predicted octanol–water partition coefficient (Wildman–Crippen LogP) is 1.97. The molecule has 4 nitrogen and oxygen atoms in total. The molecule has 1 atom stereocenters. The summed E-state index contributed by atoms with van der Waals surface area (Å²) in [5.41, 5.74) is 7.34.